The fourth-order valence-electron chi connectivity index (χ4n) is 9.14. The molecule has 0 saturated carbocycles. The van der Waals surface area contributed by atoms with E-state index in [4.69, 9.17) is 14.2 Å². The number of carbonyl (C=O) groups excluding carboxylic acids is 6. The van der Waals surface area contributed by atoms with Crippen LogP contribution in [-0.4, -0.2) is 91.7 Å². The summed E-state index contributed by atoms with van der Waals surface area (Å²) in [5.41, 5.74) is -0.177. The molecule has 7 atom stereocenters. The first-order valence-electron chi connectivity index (χ1n) is 18.4. The molecule has 288 valence electrons. The molecule has 4 amide bonds. The van der Waals surface area contributed by atoms with E-state index in [0.29, 0.717) is 41.2 Å². The van der Waals surface area contributed by atoms with Crippen molar-refractivity contribution in [2.75, 3.05) is 27.9 Å². The summed E-state index contributed by atoms with van der Waals surface area (Å²) >= 11 is 0. The third kappa shape index (κ3) is 6.27. The van der Waals surface area contributed by atoms with Gasteiger partial charge in [0, 0.05) is 48.8 Å². The normalized spacial score (nSPS) is 29.1. The number of ether oxygens (including phenoxy) is 3. The lowest BCUT2D eigenvalue weighted by molar-refractivity contribution is -0.155. The van der Waals surface area contributed by atoms with Crippen molar-refractivity contribution < 1.29 is 52.2 Å². The molecule has 5 aliphatic heterocycles. The average Bonchev–Trinajstić information content (AvgIpc) is 3.74. The maximum Gasteiger partial charge on any atom is 0.304 e. The fourth-order valence-corrected chi connectivity index (χ4v) is 11.6. The number of rotatable bonds is 10. The van der Waals surface area contributed by atoms with Crippen LogP contribution in [0.3, 0.4) is 0 Å². The van der Waals surface area contributed by atoms with Crippen LogP contribution < -0.4 is 14.7 Å². The van der Waals surface area contributed by atoms with E-state index in [0.717, 1.165) is 6.42 Å². The zero-order valence-electron chi connectivity index (χ0n) is 31.0. The Hall–Kier alpha value is -4.67. The molecule has 4 saturated heterocycles. The van der Waals surface area contributed by atoms with E-state index >= 15 is 8.90 Å². The molecular formula is C38H45FN4O10Si. The van der Waals surface area contributed by atoms with E-state index in [2.05, 4.69) is 0 Å². The predicted molar refractivity (Wildman–Crippen MR) is 194 cm³/mol. The lowest BCUT2D eigenvalue weighted by Gasteiger charge is -2.39. The number of β-lactam (4-membered cyclic amide) rings is 2. The molecular weight excluding hydrogens is 720 g/mol. The van der Waals surface area contributed by atoms with Gasteiger partial charge in [0.25, 0.3) is 5.91 Å². The predicted octanol–water partition coefficient (Wildman–Crippen LogP) is 3.63. The van der Waals surface area contributed by atoms with Crippen LogP contribution in [0.25, 0.3) is 0 Å². The summed E-state index contributed by atoms with van der Waals surface area (Å²) in [6.45, 7) is 7.69. The zero-order chi connectivity index (χ0) is 38.9. The molecule has 2 aromatic rings. The van der Waals surface area contributed by atoms with Crippen LogP contribution in [0.2, 0.25) is 18.6 Å². The van der Waals surface area contributed by atoms with E-state index in [9.17, 15) is 29.1 Å². The van der Waals surface area contributed by atoms with Crippen molar-refractivity contribution in [1.82, 2.24) is 4.90 Å². The topological polar surface area (TPSA) is 163 Å². The van der Waals surface area contributed by atoms with Gasteiger partial charge in [-0.05, 0) is 61.8 Å². The van der Waals surface area contributed by atoms with Crippen LogP contribution in [0, 0.1) is 5.92 Å². The summed E-state index contributed by atoms with van der Waals surface area (Å²) in [6, 6.07) is 11.6. The molecule has 0 aromatic heterocycles. The van der Waals surface area contributed by atoms with Gasteiger partial charge in [-0.1, -0.05) is 19.1 Å². The van der Waals surface area contributed by atoms with E-state index in [1.807, 2.05) is 0 Å². The van der Waals surface area contributed by atoms with E-state index < -0.39 is 61.9 Å². The van der Waals surface area contributed by atoms with Gasteiger partial charge in [-0.25, -0.2) is 0 Å². The molecule has 2 aromatic carbocycles. The van der Waals surface area contributed by atoms with Crippen LogP contribution in [0.1, 0.15) is 64.0 Å². The molecule has 7 rings (SSSR count). The van der Waals surface area contributed by atoms with Gasteiger partial charge in [0.1, 0.15) is 0 Å². The summed E-state index contributed by atoms with van der Waals surface area (Å²) in [5.74, 6) is -3.08. The number of aliphatic hydroxyl groups excluding tert-OH is 1. The van der Waals surface area contributed by atoms with Crippen LogP contribution in [-0.2, 0) is 55.1 Å². The molecule has 2 unspecified atom stereocenters. The summed E-state index contributed by atoms with van der Waals surface area (Å²) in [5, 5.41) is 9.91. The van der Waals surface area contributed by atoms with Gasteiger partial charge in [0.05, 0.1) is 50.2 Å². The summed E-state index contributed by atoms with van der Waals surface area (Å²) in [6.07, 6.45) is -1.28. The molecule has 0 aliphatic carbocycles. The maximum absolute atomic E-state index is 16.5. The van der Waals surface area contributed by atoms with Crippen molar-refractivity contribution in [3.8, 4) is 0 Å². The molecule has 14 nitrogen and oxygen atoms in total. The van der Waals surface area contributed by atoms with Gasteiger partial charge < -0.3 is 33.2 Å². The quantitative estimate of drug-likeness (QED) is 0.164. The monoisotopic (exact) mass is 764 g/mol. The van der Waals surface area contributed by atoms with Crippen molar-refractivity contribution in [2.24, 2.45) is 5.92 Å². The van der Waals surface area contributed by atoms with E-state index in [1.165, 1.54) is 28.5 Å². The first kappa shape index (κ1) is 37.6. The van der Waals surface area contributed by atoms with Crippen molar-refractivity contribution >= 4 is 61.0 Å². The third-order valence-corrected chi connectivity index (χ3v) is 13.9. The molecule has 4 fully saturated rings. The van der Waals surface area contributed by atoms with Gasteiger partial charge in [-0.3, -0.25) is 38.6 Å². The average molecular weight is 765 g/mol. The number of nitrogens with zero attached hydrogens (tertiary/aromatic N) is 4. The highest BCUT2D eigenvalue weighted by atomic mass is 28.4. The Balaban J connectivity index is 1.28. The number of carbonyl (C=O) groups is 6. The highest BCUT2D eigenvalue weighted by molar-refractivity contribution is 6.72. The number of fused-ring (bicyclic) bond motifs is 2. The number of hydrogen-bond acceptors (Lipinski definition) is 10. The van der Waals surface area contributed by atoms with Gasteiger partial charge >= 0.3 is 11.9 Å². The highest BCUT2D eigenvalue weighted by Crippen LogP contribution is 2.61. The molecule has 1 N–H and O–H groups in total. The number of amides is 4. The van der Waals surface area contributed by atoms with E-state index in [1.54, 1.807) is 67.4 Å². The molecule has 5 aliphatic rings. The Bertz CT molecular complexity index is 1920. The van der Waals surface area contributed by atoms with Crippen molar-refractivity contribution in [1.29, 1.82) is 0 Å². The Kier molecular flexibility index (Phi) is 9.67. The van der Waals surface area contributed by atoms with Gasteiger partial charge in [-0.2, -0.15) is 0 Å². The molecule has 54 heavy (non-hydrogen) atoms. The molecule has 0 radical (unpaired) electrons. The lowest BCUT2D eigenvalue weighted by Crippen LogP contribution is -2.55. The number of esters is 2. The largest absolute Gasteiger partial charge is 0.441 e. The Morgan fingerprint density at radius 1 is 0.963 bits per heavy atom. The van der Waals surface area contributed by atoms with Crippen LogP contribution in [0.4, 0.5) is 21.2 Å². The first-order valence-corrected chi connectivity index (χ1v) is 21.3. The number of benzene rings is 2. The molecule has 0 bridgehead atoms. The minimum absolute atomic E-state index is 0.00677. The second kappa shape index (κ2) is 13.9. The Labute approximate surface area is 313 Å². The smallest absolute Gasteiger partial charge is 0.304 e. The van der Waals surface area contributed by atoms with Crippen molar-refractivity contribution in [2.45, 2.75) is 108 Å². The van der Waals surface area contributed by atoms with Crippen molar-refractivity contribution in [3.63, 3.8) is 0 Å². The van der Waals surface area contributed by atoms with E-state index in [-0.39, 0.29) is 56.2 Å². The van der Waals surface area contributed by atoms with Gasteiger partial charge in [-0.15, -0.1) is 0 Å². The minimum Gasteiger partial charge on any atom is -0.441 e. The summed E-state index contributed by atoms with van der Waals surface area (Å²) in [7, 11) is -3.65. The van der Waals surface area contributed by atoms with Gasteiger partial charge in [0.2, 0.25) is 26.1 Å². The molecule has 1 spiro atoms. The standard InChI is InChI=1S/C38H45FN4O10Si/c1-21-36(54(4,5)39)30(16-31(47)40-13-7-10-27(40)20-44)53-38(21)28-15-26(43-33(49)18-35(43)52-23(3)46)11-12-29(28)41(37(38)50)19-24-8-6-9-25(14-24)42-32(48)17-34(42)51-22(2)45/h6,8-9,11-12,14-15,21,27,30,34-36,44H,7,10,13,16-20H2,1-5H3/t21-,27+,30+,34?,35?,36-,38+/m1/s1. The third-order valence-electron chi connectivity index (χ3n) is 11.5. The van der Waals surface area contributed by atoms with Gasteiger partial charge in [0.15, 0.2) is 18.1 Å². The lowest BCUT2D eigenvalue weighted by atomic mass is 9.82. The maximum atomic E-state index is 16.5. The SMILES string of the molecule is CC(=O)OC1CC(=O)N1c1cccc(CN2C(=O)[C@@]3(O[C@@H](CC(=O)N4CCC[C@H]4CO)[C@H]([Si](C)(C)F)[C@H]3C)c3cc(N4C(=O)CC4OC(C)=O)ccc32)c1. The van der Waals surface area contributed by atoms with Crippen LogP contribution in [0.15, 0.2) is 42.5 Å². The molecule has 16 heteroatoms. The van der Waals surface area contributed by atoms with Crippen molar-refractivity contribution in [3.05, 3.63) is 53.6 Å². The second-order valence-corrected chi connectivity index (χ2v) is 19.2. The molecule has 5 heterocycles. The number of aliphatic hydroxyl groups is 1. The fraction of sp³-hybridized carbons (Fsp3) is 0.526. The number of halogens is 1. The Morgan fingerprint density at radius 3 is 2.17 bits per heavy atom. The first-order chi connectivity index (χ1) is 25.5. The summed E-state index contributed by atoms with van der Waals surface area (Å²) < 4.78 is 34.0. The minimum atomic E-state index is -3.65. The number of likely N-dealkylation sites (tertiary alicyclic amines) is 1. The van der Waals surface area contributed by atoms with Crippen LogP contribution in [0.5, 0.6) is 0 Å². The zero-order valence-corrected chi connectivity index (χ0v) is 32.0. The number of hydrogen-bond donors (Lipinski definition) is 1. The number of anilines is 3. The summed E-state index contributed by atoms with van der Waals surface area (Å²) in [4.78, 5) is 83.7. The highest BCUT2D eigenvalue weighted by Gasteiger charge is 2.67. The Morgan fingerprint density at radius 2 is 1.59 bits per heavy atom. The van der Waals surface area contributed by atoms with Crippen LogP contribution >= 0.6 is 0 Å². The second-order valence-electron chi connectivity index (χ2n) is 15.4.